The molecule has 4 rings (SSSR count). The molecule has 1 aliphatic carbocycles. The van der Waals surface area contributed by atoms with Gasteiger partial charge in [-0.3, -0.25) is 13.9 Å². The molecular formula is C31H34Cl2FN3O4S. The van der Waals surface area contributed by atoms with Crippen LogP contribution in [0.15, 0.2) is 72.8 Å². The lowest BCUT2D eigenvalue weighted by atomic mass is 9.94. The van der Waals surface area contributed by atoms with Crippen molar-refractivity contribution in [1.29, 1.82) is 0 Å². The van der Waals surface area contributed by atoms with Crippen molar-refractivity contribution in [3.63, 3.8) is 0 Å². The predicted molar refractivity (Wildman–Crippen MR) is 165 cm³/mol. The summed E-state index contributed by atoms with van der Waals surface area (Å²) in [5.41, 5.74) is 1.02. The lowest BCUT2D eigenvalue weighted by molar-refractivity contribution is -0.140. The summed E-state index contributed by atoms with van der Waals surface area (Å²) < 4.78 is 41.6. The highest BCUT2D eigenvalue weighted by molar-refractivity contribution is 7.92. The van der Waals surface area contributed by atoms with Crippen molar-refractivity contribution in [3.05, 3.63) is 99.8 Å². The number of carbonyl (C=O) groups is 2. The minimum atomic E-state index is -4.03. The third-order valence-corrected chi connectivity index (χ3v) is 9.34. The fourth-order valence-corrected chi connectivity index (χ4v) is 6.49. The number of nitrogens with one attached hydrogen (secondary N) is 1. The van der Waals surface area contributed by atoms with Gasteiger partial charge in [0.25, 0.3) is 0 Å². The number of hydrogen-bond donors (Lipinski definition) is 1. The largest absolute Gasteiger partial charge is 0.352 e. The molecule has 0 spiro atoms. The zero-order valence-corrected chi connectivity index (χ0v) is 25.6. The molecule has 0 bridgehead atoms. The lowest BCUT2D eigenvalue weighted by Crippen LogP contribution is -2.55. The van der Waals surface area contributed by atoms with Crippen LogP contribution in [0.2, 0.25) is 10.0 Å². The first-order chi connectivity index (χ1) is 20.0. The summed E-state index contributed by atoms with van der Waals surface area (Å²) in [5.74, 6) is -1.61. The fraction of sp³-hybridized carbons (Fsp3) is 0.355. The number of rotatable bonds is 11. The number of amides is 2. The highest BCUT2D eigenvalue weighted by atomic mass is 35.5. The van der Waals surface area contributed by atoms with Crippen molar-refractivity contribution in [2.75, 3.05) is 17.1 Å². The summed E-state index contributed by atoms with van der Waals surface area (Å²) in [6, 6.07) is 18.6. The van der Waals surface area contributed by atoms with Gasteiger partial charge in [0.2, 0.25) is 21.8 Å². The minimum absolute atomic E-state index is 0.0251. The maximum atomic E-state index is 14.9. The Hall–Kier alpha value is -3.14. The van der Waals surface area contributed by atoms with Crippen LogP contribution in [0.1, 0.15) is 43.2 Å². The van der Waals surface area contributed by atoms with E-state index < -0.39 is 34.3 Å². The van der Waals surface area contributed by atoms with Crippen molar-refractivity contribution < 1.29 is 22.4 Å². The average molecular weight is 635 g/mol. The summed E-state index contributed by atoms with van der Waals surface area (Å²) in [6.07, 6.45) is 5.86. The second kappa shape index (κ2) is 14.4. The van der Waals surface area contributed by atoms with Crippen molar-refractivity contribution in [2.45, 2.75) is 57.2 Å². The maximum Gasteiger partial charge on any atom is 0.244 e. The molecule has 0 unspecified atom stereocenters. The van der Waals surface area contributed by atoms with Crippen LogP contribution in [0.25, 0.3) is 0 Å². The molecule has 0 aromatic heterocycles. The molecule has 0 aliphatic heterocycles. The van der Waals surface area contributed by atoms with E-state index in [1.807, 2.05) is 30.3 Å². The number of nitrogens with zero attached hydrogens (tertiary/aromatic N) is 2. The summed E-state index contributed by atoms with van der Waals surface area (Å²) in [5, 5.41) is 3.19. The highest BCUT2D eigenvalue weighted by Crippen LogP contribution is 2.34. The van der Waals surface area contributed by atoms with Crippen LogP contribution in [0, 0.1) is 5.82 Å². The molecule has 1 saturated carbocycles. The lowest BCUT2D eigenvalue weighted by Gasteiger charge is -2.35. The van der Waals surface area contributed by atoms with Gasteiger partial charge in [0.15, 0.2) is 0 Å². The number of hydrogen-bond acceptors (Lipinski definition) is 4. The molecule has 224 valence electrons. The SMILES string of the molecule is CS(=O)(=O)N(CC(=O)N(Cc1ccccc1F)[C@@H](Cc1ccccc1)C(=O)NC1CCCCC1)c1cccc(Cl)c1Cl. The van der Waals surface area contributed by atoms with Crippen LogP contribution in [0.5, 0.6) is 0 Å². The Labute approximate surface area is 256 Å². The van der Waals surface area contributed by atoms with E-state index in [0.29, 0.717) is 0 Å². The number of sulfonamides is 1. The molecule has 1 atom stereocenters. The van der Waals surface area contributed by atoms with E-state index in [0.717, 1.165) is 48.2 Å². The highest BCUT2D eigenvalue weighted by Gasteiger charge is 2.35. The molecule has 0 heterocycles. The molecule has 11 heteroatoms. The molecule has 1 N–H and O–H groups in total. The van der Waals surface area contributed by atoms with Crippen LogP contribution in [-0.4, -0.2) is 50.0 Å². The summed E-state index contributed by atoms with van der Waals surface area (Å²) >= 11 is 12.5. The van der Waals surface area contributed by atoms with Crippen molar-refractivity contribution >= 4 is 50.7 Å². The zero-order valence-electron chi connectivity index (χ0n) is 23.3. The molecule has 3 aromatic carbocycles. The van der Waals surface area contributed by atoms with Crippen LogP contribution in [0.4, 0.5) is 10.1 Å². The molecule has 0 saturated heterocycles. The summed E-state index contributed by atoms with van der Waals surface area (Å²) in [6.45, 7) is -0.919. The zero-order chi connectivity index (χ0) is 30.3. The van der Waals surface area contributed by atoms with Crippen LogP contribution in [-0.2, 0) is 32.6 Å². The first kappa shape index (κ1) is 31.8. The Morgan fingerprint density at radius 1 is 0.952 bits per heavy atom. The number of carbonyl (C=O) groups excluding carboxylic acids is 2. The quantitative estimate of drug-likeness (QED) is 0.281. The number of anilines is 1. The third-order valence-electron chi connectivity index (χ3n) is 7.40. The fourth-order valence-electron chi connectivity index (χ4n) is 5.19. The standard InChI is InChI=1S/C31H34Cl2FN3O4S/c1-42(40,41)37(27-18-10-16-25(32)30(27)33)21-29(38)36(20-23-13-8-9-17-26(23)34)28(19-22-11-4-2-5-12-22)31(39)35-24-14-6-3-7-15-24/h2,4-5,8-13,16-18,24,28H,3,6-7,14-15,19-21H2,1H3,(H,35,39)/t28-/m0/s1. The Morgan fingerprint density at radius 3 is 2.29 bits per heavy atom. The molecule has 0 radical (unpaired) electrons. The van der Waals surface area contributed by atoms with Gasteiger partial charge in [0, 0.05) is 24.6 Å². The molecule has 3 aromatic rings. The van der Waals surface area contributed by atoms with E-state index in [-0.39, 0.29) is 46.2 Å². The van der Waals surface area contributed by atoms with Gasteiger partial charge in [-0.1, -0.05) is 97.1 Å². The van der Waals surface area contributed by atoms with Gasteiger partial charge in [-0.2, -0.15) is 0 Å². The van der Waals surface area contributed by atoms with Crippen LogP contribution in [0.3, 0.4) is 0 Å². The average Bonchev–Trinajstić information content (AvgIpc) is 2.96. The Balaban J connectivity index is 1.75. The predicted octanol–water partition coefficient (Wildman–Crippen LogP) is 5.99. The van der Waals surface area contributed by atoms with Gasteiger partial charge >= 0.3 is 0 Å². The van der Waals surface area contributed by atoms with Gasteiger partial charge in [-0.05, 0) is 36.6 Å². The van der Waals surface area contributed by atoms with Gasteiger partial charge in [0.05, 0.1) is 22.0 Å². The van der Waals surface area contributed by atoms with E-state index in [4.69, 9.17) is 23.2 Å². The van der Waals surface area contributed by atoms with Gasteiger partial charge in [-0.25, -0.2) is 12.8 Å². The first-order valence-electron chi connectivity index (χ1n) is 13.8. The van der Waals surface area contributed by atoms with Gasteiger partial charge in [-0.15, -0.1) is 0 Å². The van der Waals surface area contributed by atoms with E-state index in [1.165, 1.54) is 41.3 Å². The topological polar surface area (TPSA) is 86.8 Å². The Bertz CT molecular complexity index is 1500. The molecule has 1 aliphatic rings. The second-order valence-corrected chi connectivity index (χ2v) is 13.2. The van der Waals surface area contributed by atoms with Gasteiger partial charge in [0.1, 0.15) is 18.4 Å². The number of halogens is 3. The molecule has 7 nitrogen and oxygen atoms in total. The van der Waals surface area contributed by atoms with Crippen LogP contribution >= 0.6 is 23.2 Å². The van der Waals surface area contributed by atoms with Gasteiger partial charge < -0.3 is 10.2 Å². The summed E-state index contributed by atoms with van der Waals surface area (Å²) in [7, 11) is -4.03. The molecular weight excluding hydrogens is 600 g/mol. The summed E-state index contributed by atoms with van der Waals surface area (Å²) in [4.78, 5) is 29.3. The van der Waals surface area contributed by atoms with E-state index in [1.54, 1.807) is 6.07 Å². The van der Waals surface area contributed by atoms with Crippen molar-refractivity contribution in [3.8, 4) is 0 Å². The monoisotopic (exact) mass is 633 g/mol. The minimum Gasteiger partial charge on any atom is -0.352 e. The Kier molecular flexibility index (Phi) is 10.9. The van der Waals surface area contributed by atoms with E-state index >= 15 is 0 Å². The maximum absolute atomic E-state index is 14.9. The third kappa shape index (κ3) is 8.24. The smallest absolute Gasteiger partial charge is 0.244 e. The molecule has 42 heavy (non-hydrogen) atoms. The van der Waals surface area contributed by atoms with Crippen LogP contribution < -0.4 is 9.62 Å². The van der Waals surface area contributed by atoms with Crippen molar-refractivity contribution in [1.82, 2.24) is 10.2 Å². The normalized spacial score (nSPS) is 14.7. The first-order valence-corrected chi connectivity index (χ1v) is 16.4. The Morgan fingerprint density at radius 2 is 1.62 bits per heavy atom. The van der Waals surface area contributed by atoms with E-state index in [9.17, 15) is 22.4 Å². The number of benzene rings is 3. The second-order valence-electron chi connectivity index (χ2n) is 10.5. The van der Waals surface area contributed by atoms with Crippen molar-refractivity contribution in [2.24, 2.45) is 0 Å². The molecule has 2 amide bonds. The van der Waals surface area contributed by atoms with E-state index in [2.05, 4.69) is 5.32 Å². The molecule has 1 fully saturated rings.